The maximum Gasteiger partial charge on any atom is 0.324 e. The summed E-state index contributed by atoms with van der Waals surface area (Å²) in [6.45, 7) is 1.86. The van der Waals surface area contributed by atoms with Crippen molar-refractivity contribution < 1.29 is 9.90 Å². The number of urea groups is 1. The van der Waals surface area contributed by atoms with E-state index in [9.17, 15) is 9.90 Å². The maximum absolute atomic E-state index is 11.7. The van der Waals surface area contributed by atoms with Gasteiger partial charge in [-0.25, -0.2) is 4.79 Å². The van der Waals surface area contributed by atoms with Crippen molar-refractivity contribution in [3.63, 3.8) is 0 Å². The SMILES string of the molecule is Cc1ccc(N(C(N)=O)c2ccccc2Br)c(O)c1. The number of anilines is 2. The van der Waals surface area contributed by atoms with Gasteiger partial charge in [0.15, 0.2) is 0 Å². The molecule has 0 saturated carbocycles. The minimum atomic E-state index is -0.661. The number of primary amides is 1. The minimum Gasteiger partial charge on any atom is -0.506 e. The minimum absolute atomic E-state index is 0.00885. The van der Waals surface area contributed by atoms with Crippen LogP contribution in [0.4, 0.5) is 16.2 Å². The van der Waals surface area contributed by atoms with Crippen LogP contribution in [0.3, 0.4) is 0 Å². The first-order chi connectivity index (χ1) is 9.00. The van der Waals surface area contributed by atoms with E-state index in [2.05, 4.69) is 15.9 Å². The van der Waals surface area contributed by atoms with Gasteiger partial charge in [0.25, 0.3) is 0 Å². The summed E-state index contributed by atoms with van der Waals surface area (Å²) >= 11 is 3.37. The molecule has 2 aromatic rings. The summed E-state index contributed by atoms with van der Waals surface area (Å²) in [5.41, 5.74) is 7.26. The van der Waals surface area contributed by atoms with Gasteiger partial charge in [0.2, 0.25) is 0 Å². The summed E-state index contributed by atoms with van der Waals surface area (Å²) < 4.78 is 0.716. The highest BCUT2D eigenvalue weighted by molar-refractivity contribution is 9.10. The average molecular weight is 321 g/mol. The molecule has 0 aliphatic heterocycles. The Bertz CT molecular complexity index is 629. The number of phenolic OH excluding ortho intramolecular Hbond substituents is 1. The molecule has 5 heteroatoms. The van der Waals surface area contributed by atoms with Crippen molar-refractivity contribution >= 4 is 33.3 Å². The van der Waals surface area contributed by atoms with E-state index in [0.29, 0.717) is 15.8 Å². The number of carbonyl (C=O) groups excluding carboxylic acids is 1. The number of rotatable bonds is 2. The monoisotopic (exact) mass is 320 g/mol. The lowest BCUT2D eigenvalue weighted by Gasteiger charge is -2.22. The Hall–Kier alpha value is -2.01. The van der Waals surface area contributed by atoms with Crippen molar-refractivity contribution in [3.8, 4) is 5.75 Å². The normalized spacial score (nSPS) is 10.2. The predicted molar refractivity (Wildman–Crippen MR) is 78.7 cm³/mol. The van der Waals surface area contributed by atoms with Crippen LogP contribution in [0.25, 0.3) is 0 Å². The first kappa shape index (κ1) is 13.4. The van der Waals surface area contributed by atoms with E-state index in [1.807, 2.05) is 19.1 Å². The number of carbonyl (C=O) groups is 1. The summed E-state index contributed by atoms with van der Waals surface area (Å²) in [6.07, 6.45) is 0. The lowest BCUT2D eigenvalue weighted by molar-refractivity contribution is 0.256. The van der Waals surface area contributed by atoms with Gasteiger partial charge < -0.3 is 10.8 Å². The zero-order valence-electron chi connectivity index (χ0n) is 10.3. The number of para-hydroxylation sites is 1. The molecule has 2 rings (SSSR count). The molecule has 0 heterocycles. The molecule has 0 atom stereocenters. The van der Waals surface area contributed by atoms with Crippen LogP contribution in [0.5, 0.6) is 5.75 Å². The number of halogens is 1. The summed E-state index contributed by atoms with van der Waals surface area (Å²) in [6, 6.07) is 11.6. The summed E-state index contributed by atoms with van der Waals surface area (Å²) in [7, 11) is 0. The number of hydrogen-bond donors (Lipinski definition) is 2. The molecule has 0 radical (unpaired) electrons. The number of hydrogen-bond acceptors (Lipinski definition) is 2. The first-order valence-electron chi connectivity index (χ1n) is 5.64. The number of aryl methyl sites for hydroxylation is 1. The standard InChI is InChI=1S/C14H13BrN2O2/c1-9-6-7-12(13(18)8-9)17(14(16)19)11-5-3-2-4-10(11)15/h2-8,18H,1H3,(H2,16,19). The number of aromatic hydroxyl groups is 1. The van der Waals surface area contributed by atoms with Gasteiger partial charge in [-0.2, -0.15) is 0 Å². The largest absolute Gasteiger partial charge is 0.506 e. The molecular weight excluding hydrogens is 308 g/mol. The van der Waals surface area contributed by atoms with Gasteiger partial charge in [0.1, 0.15) is 5.75 Å². The average Bonchev–Trinajstić information content (AvgIpc) is 2.34. The Balaban J connectivity index is 2.59. The van der Waals surface area contributed by atoms with Crippen molar-refractivity contribution in [3.05, 3.63) is 52.5 Å². The van der Waals surface area contributed by atoms with E-state index >= 15 is 0 Å². The second-order valence-electron chi connectivity index (χ2n) is 4.12. The van der Waals surface area contributed by atoms with E-state index < -0.39 is 6.03 Å². The van der Waals surface area contributed by atoms with Gasteiger partial charge in [0.05, 0.1) is 11.4 Å². The van der Waals surface area contributed by atoms with E-state index in [0.717, 1.165) is 5.56 Å². The van der Waals surface area contributed by atoms with Crippen LogP contribution in [-0.2, 0) is 0 Å². The molecule has 0 saturated heterocycles. The van der Waals surface area contributed by atoms with E-state index in [1.54, 1.807) is 30.3 Å². The lowest BCUT2D eigenvalue weighted by atomic mass is 10.2. The zero-order chi connectivity index (χ0) is 14.0. The predicted octanol–water partition coefficient (Wildman–Crippen LogP) is 3.68. The van der Waals surface area contributed by atoms with Crippen LogP contribution in [0.2, 0.25) is 0 Å². The highest BCUT2D eigenvalue weighted by Crippen LogP contribution is 2.36. The number of amides is 2. The zero-order valence-corrected chi connectivity index (χ0v) is 11.9. The van der Waals surface area contributed by atoms with E-state index in [4.69, 9.17) is 5.73 Å². The van der Waals surface area contributed by atoms with Crippen LogP contribution in [0.15, 0.2) is 46.9 Å². The number of nitrogens with two attached hydrogens (primary N) is 1. The van der Waals surface area contributed by atoms with Crippen molar-refractivity contribution in [1.82, 2.24) is 0 Å². The molecule has 0 spiro atoms. The summed E-state index contributed by atoms with van der Waals surface area (Å²) in [5, 5.41) is 10.00. The van der Waals surface area contributed by atoms with Crippen molar-refractivity contribution in [2.45, 2.75) is 6.92 Å². The maximum atomic E-state index is 11.7. The van der Waals surface area contributed by atoms with Crippen LogP contribution < -0.4 is 10.6 Å². The Morgan fingerprint density at radius 1 is 1.21 bits per heavy atom. The molecule has 2 aromatic carbocycles. The second-order valence-corrected chi connectivity index (χ2v) is 4.97. The van der Waals surface area contributed by atoms with Crippen LogP contribution in [0.1, 0.15) is 5.56 Å². The van der Waals surface area contributed by atoms with E-state index in [1.165, 1.54) is 4.90 Å². The number of phenols is 1. The van der Waals surface area contributed by atoms with Crippen molar-refractivity contribution in [1.29, 1.82) is 0 Å². The molecule has 4 nitrogen and oxygen atoms in total. The fraction of sp³-hybridized carbons (Fsp3) is 0.0714. The number of nitrogens with zero attached hydrogens (tertiary/aromatic N) is 1. The molecule has 0 aliphatic rings. The molecule has 2 amide bonds. The second kappa shape index (κ2) is 5.32. The van der Waals surface area contributed by atoms with Gasteiger partial charge in [0, 0.05) is 4.47 Å². The Morgan fingerprint density at radius 2 is 1.89 bits per heavy atom. The quantitative estimate of drug-likeness (QED) is 0.886. The third-order valence-electron chi connectivity index (χ3n) is 2.69. The fourth-order valence-electron chi connectivity index (χ4n) is 1.82. The van der Waals surface area contributed by atoms with Gasteiger partial charge in [-0.05, 0) is 52.7 Å². The van der Waals surface area contributed by atoms with Crippen molar-refractivity contribution in [2.75, 3.05) is 4.90 Å². The molecule has 0 aliphatic carbocycles. The third-order valence-corrected chi connectivity index (χ3v) is 3.36. The van der Waals surface area contributed by atoms with Gasteiger partial charge >= 0.3 is 6.03 Å². The van der Waals surface area contributed by atoms with Crippen LogP contribution in [-0.4, -0.2) is 11.1 Å². The third kappa shape index (κ3) is 2.71. The van der Waals surface area contributed by atoms with Crippen LogP contribution in [0, 0.1) is 6.92 Å². The molecular formula is C14H13BrN2O2. The topological polar surface area (TPSA) is 66.6 Å². The molecule has 0 unspecified atom stereocenters. The highest BCUT2D eigenvalue weighted by Gasteiger charge is 2.20. The lowest BCUT2D eigenvalue weighted by Crippen LogP contribution is -2.31. The Kier molecular flexibility index (Phi) is 3.76. The Labute approximate surface area is 119 Å². The molecule has 0 aromatic heterocycles. The first-order valence-corrected chi connectivity index (χ1v) is 6.43. The molecule has 19 heavy (non-hydrogen) atoms. The fourth-order valence-corrected chi connectivity index (χ4v) is 2.28. The summed E-state index contributed by atoms with van der Waals surface area (Å²) in [5.74, 6) is 0.00885. The molecule has 0 fully saturated rings. The summed E-state index contributed by atoms with van der Waals surface area (Å²) in [4.78, 5) is 13.0. The van der Waals surface area contributed by atoms with E-state index in [-0.39, 0.29) is 5.75 Å². The van der Waals surface area contributed by atoms with Crippen LogP contribution >= 0.6 is 15.9 Å². The Morgan fingerprint density at radius 3 is 2.47 bits per heavy atom. The highest BCUT2D eigenvalue weighted by atomic mass is 79.9. The van der Waals surface area contributed by atoms with Gasteiger partial charge in [-0.1, -0.05) is 18.2 Å². The van der Waals surface area contributed by atoms with Gasteiger partial charge in [-0.3, -0.25) is 4.90 Å². The smallest absolute Gasteiger partial charge is 0.324 e. The van der Waals surface area contributed by atoms with Gasteiger partial charge in [-0.15, -0.1) is 0 Å². The number of benzene rings is 2. The molecule has 3 N–H and O–H groups in total. The van der Waals surface area contributed by atoms with Crippen molar-refractivity contribution in [2.24, 2.45) is 5.73 Å². The molecule has 0 bridgehead atoms. The molecule has 98 valence electrons.